The normalized spacial score (nSPS) is 9.92. The van der Waals surface area contributed by atoms with E-state index in [0.717, 1.165) is 44.3 Å². The lowest BCUT2D eigenvalue weighted by atomic mass is 10.0. The molecule has 206 valence electrons. The predicted octanol–water partition coefficient (Wildman–Crippen LogP) is 10.1. The van der Waals surface area contributed by atoms with Gasteiger partial charge in [-0.05, 0) is 87.3 Å². The van der Waals surface area contributed by atoms with Crippen LogP contribution in [0.3, 0.4) is 0 Å². The first-order valence-electron chi connectivity index (χ1n) is 14.0. The van der Waals surface area contributed by atoms with Gasteiger partial charge >= 0.3 is 0 Å². The molecule has 3 heteroatoms. The number of allylic oxidation sites excluding steroid dienone is 2. The summed E-state index contributed by atoms with van der Waals surface area (Å²) in [6.07, 6.45) is 11.3. The Morgan fingerprint density at radius 1 is 0.784 bits per heavy atom. The molecule has 0 bridgehead atoms. The van der Waals surface area contributed by atoms with Crippen LogP contribution in [0.1, 0.15) is 100 Å². The largest absolute Gasteiger partial charge is 0.339 e. The van der Waals surface area contributed by atoms with Gasteiger partial charge in [0.2, 0.25) is 0 Å². The van der Waals surface area contributed by atoms with Gasteiger partial charge in [-0.3, -0.25) is 4.79 Å². The monoisotopic (exact) mass is 523 g/mol. The number of carbonyl (C=O) groups is 1. The highest BCUT2D eigenvalue weighted by atomic mass is 32.2. The molecule has 0 unspecified atom stereocenters. The van der Waals surface area contributed by atoms with Crippen molar-refractivity contribution in [1.82, 2.24) is 4.90 Å². The highest BCUT2D eigenvalue weighted by Crippen LogP contribution is 2.12. The number of hydrogen-bond acceptors (Lipinski definition) is 2. The minimum Gasteiger partial charge on any atom is -0.339 e. The fourth-order valence-electron chi connectivity index (χ4n) is 3.66. The van der Waals surface area contributed by atoms with Gasteiger partial charge in [0.1, 0.15) is 0 Å². The molecule has 37 heavy (non-hydrogen) atoms. The zero-order chi connectivity index (χ0) is 28.1. The second-order valence-corrected chi connectivity index (χ2v) is 10.9. The van der Waals surface area contributed by atoms with Gasteiger partial charge < -0.3 is 4.90 Å². The number of carbonyl (C=O) groups excluding carboxylic acids is 1. The van der Waals surface area contributed by atoms with E-state index < -0.39 is 0 Å². The Balaban J connectivity index is 0.000000670. The molecule has 0 fully saturated rings. The topological polar surface area (TPSA) is 20.3 Å². The highest BCUT2D eigenvalue weighted by molar-refractivity contribution is 8.02. The number of thioether (sulfide) groups is 1. The summed E-state index contributed by atoms with van der Waals surface area (Å²) in [5.41, 5.74) is 6.06. The maximum Gasteiger partial charge on any atom is 0.253 e. The van der Waals surface area contributed by atoms with E-state index in [-0.39, 0.29) is 5.91 Å². The van der Waals surface area contributed by atoms with Crippen LogP contribution in [0, 0.1) is 6.92 Å². The molecule has 0 atom stereocenters. The molecular formula is C34H53NOS. The van der Waals surface area contributed by atoms with Crippen molar-refractivity contribution in [1.29, 1.82) is 0 Å². The zero-order valence-electron chi connectivity index (χ0n) is 24.9. The summed E-state index contributed by atoms with van der Waals surface area (Å²) < 4.78 is 0. The Morgan fingerprint density at radius 3 is 1.73 bits per heavy atom. The average Bonchev–Trinajstić information content (AvgIpc) is 2.88. The molecular weight excluding hydrogens is 470 g/mol. The third kappa shape index (κ3) is 17.8. The Bertz CT molecular complexity index is 877. The van der Waals surface area contributed by atoms with Crippen molar-refractivity contribution in [2.75, 3.05) is 19.3 Å². The second-order valence-electron chi connectivity index (χ2n) is 9.83. The summed E-state index contributed by atoms with van der Waals surface area (Å²) in [5.74, 6) is 0.177. The maximum atomic E-state index is 12.5. The van der Waals surface area contributed by atoms with Crippen LogP contribution >= 0.6 is 11.8 Å². The number of unbranched alkanes of at least 4 members (excludes halogenated alkanes) is 3. The molecule has 2 nitrogen and oxygen atoms in total. The predicted molar refractivity (Wildman–Crippen MR) is 169 cm³/mol. The lowest BCUT2D eigenvalue weighted by Crippen LogP contribution is -2.32. The van der Waals surface area contributed by atoms with E-state index in [9.17, 15) is 4.79 Å². The molecule has 2 aromatic rings. The van der Waals surface area contributed by atoms with E-state index in [4.69, 9.17) is 0 Å². The smallest absolute Gasteiger partial charge is 0.253 e. The first kappa shape index (κ1) is 34.7. The van der Waals surface area contributed by atoms with E-state index in [2.05, 4.69) is 84.2 Å². The lowest BCUT2D eigenvalue weighted by molar-refractivity contribution is 0.0755. The number of nitrogens with zero attached hydrogens (tertiary/aromatic N) is 1. The molecule has 0 radical (unpaired) electrons. The Morgan fingerprint density at radius 2 is 1.30 bits per heavy atom. The molecule has 0 heterocycles. The van der Waals surface area contributed by atoms with Crippen molar-refractivity contribution < 1.29 is 4.79 Å². The fourth-order valence-corrected chi connectivity index (χ4v) is 3.66. The third-order valence-corrected chi connectivity index (χ3v) is 6.47. The first-order valence-corrected chi connectivity index (χ1v) is 15.2. The van der Waals surface area contributed by atoms with Crippen LogP contribution in [0.2, 0.25) is 0 Å². The molecule has 0 saturated heterocycles. The fraction of sp³-hybridized carbons (Fsp3) is 0.500. The molecule has 0 aromatic heterocycles. The highest BCUT2D eigenvalue weighted by Gasteiger charge is 2.13. The first-order chi connectivity index (χ1) is 17.7. The lowest BCUT2D eigenvalue weighted by Gasteiger charge is -2.21. The van der Waals surface area contributed by atoms with Gasteiger partial charge in [-0.25, -0.2) is 0 Å². The Kier molecular flexibility index (Phi) is 20.5. The van der Waals surface area contributed by atoms with Crippen molar-refractivity contribution in [2.45, 2.75) is 92.9 Å². The van der Waals surface area contributed by atoms with Crippen molar-refractivity contribution in [3.63, 3.8) is 0 Å². The van der Waals surface area contributed by atoms with Crippen LogP contribution in [0.15, 0.2) is 72.2 Å². The quantitative estimate of drug-likeness (QED) is 0.192. The van der Waals surface area contributed by atoms with Crippen molar-refractivity contribution in [3.8, 4) is 0 Å². The Labute approximate surface area is 233 Å². The minimum absolute atomic E-state index is 0.177. The molecule has 0 saturated carbocycles. The molecule has 1 amide bonds. The number of benzene rings is 2. The van der Waals surface area contributed by atoms with E-state index in [1.807, 2.05) is 30.2 Å². The van der Waals surface area contributed by atoms with Crippen molar-refractivity contribution in [2.24, 2.45) is 0 Å². The van der Waals surface area contributed by atoms with Crippen LogP contribution in [0.5, 0.6) is 0 Å². The number of hydrogen-bond donors (Lipinski definition) is 0. The van der Waals surface area contributed by atoms with Crippen LogP contribution < -0.4 is 0 Å². The summed E-state index contributed by atoms with van der Waals surface area (Å²) in [7, 11) is 0. The standard InChI is InChI=1S/C19H31NO.C11H14.C4H8S/c1-4-7-8-9-10-17-11-13-18(14-12-17)19(21)20(15-5-2)16-6-3;1-9(2)8-11-6-4-10(3)5-7-11;1-4(2)5-3/h11-14H,4-10,15-16H2,1-3H3;4-7H,1,8H2,2-3H3;1H2,2-3H3. The van der Waals surface area contributed by atoms with Gasteiger partial charge in [0, 0.05) is 18.7 Å². The zero-order valence-corrected chi connectivity index (χ0v) is 25.7. The molecule has 0 aliphatic heterocycles. The SMILES string of the molecule is C=C(C)Cc1ccc(C)cc1.C=C(C)SC.CCCCCCc1ccc(C(=O)N(CCC)CCC)cc1. The van der Waals surface area contributed by atoms with E-state index in [1.54, 1.807) is 11.8 Å². The van der Waals surface area contributed by atoms with Crippen LogP contribution in [-0.4, -0.2) is 30.2 Å². The van der Waals surface area contributed by atoms with Gasteiger partial charge in [-0.1, -0.05) is 101 Å². The van der Waals surface area contributed by atoms with Crippen LogP contribution in [0.4, 0.5) is 0 Å². The average molecular weight is 524 g/mol. The number of aryl methyl sites for hydroxylation is 2. The summed E-state index contributed by atoms with van der Waals surface area (Å²) in [6.45, 7) is 21.8. The van der Waals surface area contributed by atoms with Gasteiger partial charge in [0.05, 0.1) is 0 Å². The van der Waals surface area contributed by atoms with Crippen molar-refractivity contribution in [3.05, 3.63) is 94.4 Å². The summed E-state index contributed by atoms with van der Waals surface area (Å²) in [5, 5.41) is 0. The molecule has 0 aliphatic rings. The number of rotatable bonds is 13. The summed E-state index contributed by atoms with van der Waals surface area (Å²) in [6, 6.07) is 16.8. The van der Waals surface area contributed by atoms with Gasteiger partial charge in [0.15, 0.2) is 0 Å². The third-order valence-electron chi connectivity index (χ3n) is 5.77. The number of amides is 1. The molecule has 0 N–H and O–H groups in total. The van der Waals surface area contributed by atoms with Crippen LogP contribution in [-0.2, 0) is 12.8 Å². The van der Waals surface area contributed by atoms with Crippen molar-refractivity contribution >= 4 is 17.7 Å². The van der Waals surface area contributed by atoms with Gasteiger partial charge in [-0.2, -0.15) is 0 Å². The maximum absolute atomic E-state index is 12.5. The molecule has 2 aromatic carbocycles. The van der Waals surface area contributed by atoms with E-state index in [0.29, 0.717) is 0 Å². The summed E-state index contributed by atoms with van der Waals surface area (Å²) >= 11 is 1.69. The summed E-state index contributed by atoms with van der Waals surface area (Å²) in [4.78, 5) is 15.6. The Hall–Kier alpha value is -2.26. The van der Waals surface area contributed by atoms with E-state index >= 15 is 0 Å². The van der Waals surface area contributed by atoms with E-state index in [1.165, 1.54) is 52.9 Å². The molecule has 0 spiro atoms. The minimum atomic E-state index is 0.177. The van der Waals surface area contributed by atoms with Gasteiger partial charge in [-0.15, -0.1) is 11.8 Å². The molecule has 2 rings (SSSR count). The van der Waals surface area contributed by atoms with Crippen LogP contribution in [0.25, 0.3) is 0 Å². The second kappa shape index (κ2) is 21.8. The van der Waals surface area contributed by atoms with Gasteiger partial charge in [0.25, 0.3) is 5.91 Å². The molecule has 0 aliphatic carbocycles.